The maximum absolute atomic E-state index is 12.6. The molecule has 1 atom stereocenters. The molecule has 0 N–H and O–H groups in total. The first-order chi connectivity index (χ1) is 26.0. The van der Waals surface area contributed by atoms with Crippen molar-refractivity contribution in [2.45, 2.75) is 207 Å². The predicted octanol–water partition coefficient (Wildman–Crippen LogP) is 13.7. The second-order valence-electron chi connectivity index (χ2n) is 14.2. The minimum Gasteiger partial charge on any atom is -0.462 e. The Morgan fingerprint density at radius 1 is 0.415 bits per heavy atom. The molecule has 6 nitrogen and oxygen atoms in total. The average molecular weight is 741 g/mol. The van der Waals surface area contributed by atoms with Gasteiger partial charge in [0.25, 0.3) is 0 Å². The minimum absolute atomic E-state index is 0.107. The number of carbonyl (C=O) groups is 3. The van der Waals surface area contributed by atoms with E-state index in [4.69, 9.17) is 14.2 Å². The fourth-order valence-corrected chi connectivity index (χ4v) is 5.71. The number of hydrogen-bond acceptors (Lipinski definition) is 6. The summed E-state index contributed by atoms with van der Waals surface area (Å²) < 4.78 is 16.5. The zero-order chi connectivity index (χ0) is 38.7. The Balaban J connectivity index is 4.42. The largest absolute Gasteiger partial charge is 0.462 e. The zero-order valence-corrected chi connectivity index (χ0v) is 34.5. The van der Waals surface area contributed by atoms with Gasteiger partial charge in [0.1, 0.15) is 13.2 Å². The van der Waals surface area contributed by atoms with Crippen LogP contribution in [0.3, 0.4) is 0 Å². The topological polar surface area (TPSA) is 78.9 Å². The molecule has 0 amide bonds. The van der Waals surface area contributed by atoms with Gasteiger partial charge in [-0.1, -0.05) is 165 Å². The first kappa shape index (κ1) is 50.1. The SMILES string of the molecule is CC/C=C\C/C=C\C/C=C\CC(=O)OCC(COC(=O)CCCCCCCCC/C=C\CCCCCC)OC(=O)CCCCCCC/C=C\CCCC. The molecule has 0 aromatic carbocycles. The van der Waals surface area contributed by atoms with Crippen molar-refractivity contribution in [3.63, 3.8) is 0 Å². The molecule has 1 unspecified atom stereocenters. The molecule has 0 heterocycles. The van der Waals surface area contributed by atoms with E-state index >= 15 is 0 Å². The van der Waals surface area contributed by atoms with Crippen LogP contribution in [0.4, 0.5) is 0 Å². The molecule has 0 aliphatic heterocycles. The van der Waals surface area contributed by atoms with E-state index in [0.29, 0.717) is 12.8 Å². The van der Waals surface area contributed by atoms with E-state index < -0.39 is 12.1 Å². The second kappa shape index (κ2) is 41.9. The highest BCUT2D eigenvalue weighted by atomic mass is 16.6. The highest BCUT2D eigenvalue weighted by Gasteiger charge is 2.19. The molecular weight excluding hydrogens is 661 g/mol. The van der Waals surface area contributed by atoms with Crippen LogP contribution in [0.15, 0.2) is 60.8 Å². The molecule has 0 aliphatic carbocycles. The van der Waals surface area contributed by atoms with E-state index in [0.717, 1.165) is 70.6 Å². The van der Waals surface area contributed by atoms with Crippen LogP contribution >= 0.6 is 0 Å². The van der Waals surface area contributed by atoms with E-state index in [9.17, 15) is 14.4 Å². The summed E-state index contributed by atoms with van der Waals surface area (Å²) in [6.45, 7) is 6.34. The maximum atomic E-state index is 12.6. The number of ether oxygens (including phenoxy) is 3. The molecule has 6 heteroatoms. The standard InChI is InChI=1S/C47H80O6/c1-4-7-10-13-16-19-21-22-23-24-26-28-31-34-37-40-46(49)52-43-44(42-51-45(48)39-36-33-30-27-18-15-12-9-6-3)53-47(50)41-38-35-32-29-25-20-17-14-11-8-5-2/h9,12,14,17-19,21,27,33,36,44H,4-8,10-11,13,15-16,20,22-26,28-32,34-35,37-43H2,1-3H3/b12-9-,17-14-,21-19-,27-18-,36-33-. The Hall–Kier alpha value is -2.89. The van der Waals surface area contributed by atoms with Crippen LogP contribution in [0.1, 0.15) is 201 Å². The monoisotopic (exact) mass is 741 g/mol. The van der Waals surface area contributed by atoms with Crippen molar-refractivity contribution in [1.82, 2.24) is 0 Å². The van der Waals surface area contributed by atoms with Crippen LogP contribution < -0.4 is 0 Å². The Morgan fingerprint density at radius 3 is 1.36 bits per heavy atom. The Labute approximate surface area is 326 Å². The summed E-state index contributed by atoms with van der Waals surface area (Å²) >= 11 is 0. The van der Waals surface area contributed by atoms with Gasteiger partial charge in [-0.15, -0.1) is 0 Å². The van der Waals surface area contributed by atoms with Crippen molar-refractivity contribution in [2.24, 2.45) is 0 Å². The van der Waals surface area contributed by atoms with Gasteiger partial charge in [-0.2, -0.15) is 0 Å². The molecule has 0 saturated carbocycles. The molecule has 0 fully saturated rings. The number of unbranched alkanes of at least 4 members (excludes halogenated alkanes) is 18. The van der Waals surface area contributed by atoms with Gasteiger partial charge in [-0.25, -0.2) is 0 Å². The van der Waals surface area contributed by atoms with Crippen LogP contribution in [-0.4, -0.2) is 37.2 Å². The van der Waals surface area contributed by atoms with E-state index in [1.807, 2.05) is 6.08 Å². The summed E-state index contributed by atoms with van der Waals surface area (Å²) in [7, 11) is 0. The number of allylic oxidation sites excluding steroid dienone is 9. The summed E-state index contributed by atoms with van der Waals surface area (Å²) in [6.07, 6.45) is 49.5. The quantitative estimate of drug-likeness (QED) is 0.0271. The molecule has 0 bridgehead atoms. The number of esters is 3. The van der Waals surface area contributed by atoms with E-state index in [2.05, 4.69) is 69.4 Å². The van der Waals surface area contributed by atoms with Crippen LogP contribution in [0.2, 0.25) is 0 Å². The number of hydrogen-bond donors (Lipinski definition) is 0. The molecule has 0 aliphatic rings. The smallest absolute Gasteiger partial charge is 0.309 e. The molecule has 0 saturated heterocycles. The normalized spacial score (nSPS) is 12.6. The van der Waals surface area contributed by atoms with Crippen LogP contribution in [0, 0.1) is 0 Å². The lowest BCUT2D eigenvalue weighted by Crippen LogP contribution is -2.30. The van der Waals surface area contributed by atoms with E-state index in [-0.39, 0.29) is 31.6 Å². The van der Waals surface area contributed by atoms with Gasteiger partial charge in [0, 0.05) is 12.8 Å². The lowest BCUT2D eigenvalue weighted by molar-refractivity contribution is -0.166. The number of carbonyl (C=O) groups excluding carboxylic acids is 3. The summed E-state index contributed by atoms with van der Waals surface area (Å²) in [5.41, 5.74) is 0. The van der Waals surface area contributed by atoms with Gasteiger partial charge in [0.2, 0.25) is 0 Å². The Kier molecular flexibility index (Phi) is 39.6. The van der Waals surface area contributed by atoms with Crippen molar-refractivity contribution in [3.05, 3.63) is 60.8 Å². The fraction of sp³-hybridized carbons (Fsp3) is 0.723. The van der Waals surface area contributed by atoms with E-state index in [1.54, 1.807) is 6.08 Å². The minimum atomic E-state index is -0.811. The molecule has 53 heavy (non-hydrogen) atoms. The second-order valence-corrected chi connectivity index (χ2v) is 14.2. The van der Waals surface area contributed by atoms with Gasteiger partial charge in [0.05, 0.1) is 6.42 Å². The Morgan fingerprint density at radius 2 is 0.830 bits per heavy atom. The summed E-state index contributed by atoms with van der Waals surface area (Å²) in [5, 5.41) is 0. The zero-order valence-electron chi connectivity index (χ0n) is 34.5. The molecular formula is C47H80O6. The fourth-order valence-electron chi connectivity index (χ4n) is 5.71. The van der Waals surface area contributed by atoms with Gasteiger partial charge >= 0.3 is 17.9 Å². The Bertz CT molecular complexity index is 991. The molecule has 0 rings (SSSR count). The van der Waals surface area contributed by atoms with Crippen molar-refractivity contribution in [3.8, 4) is 0 Å². The van der Waals surface area contributed by atoms with Gasteiger partial charge in [-0.05, 0) is 77.0 Å². The first-order valence-corrected chi connectivity index (χ1v) is 21.8. The molecule has 304 valence electrons. The van der Waals surface area contributed by atoms with Crippen molar-refractivity contribution < 1.29 is 28.6 Å². The van der Waals surface area contributed by atoms with Crippen molar-refractivity contribution >= 4 is 17.9 Å². The maximum Gasteiger partial charge on any atom is 0.309 e. The van der Waals surface area contributed by atoms with Crippen LogP contribution in [0.5, 0.6) is 0 Å². The first-order valence-electron chi connectivity index (χ1n) is 21.8. The molecule has 0 spiro atoms. The third kappa shape index (κ3) is 40.1. The molecule has 0 aromatic rings. The van der Waals surface area contributed by atoms with Crippen molar-refractivity contribution in [1.29, 1.82) is 0 Å². The van der Waals surface area contributed by atoms with Gasteiger partial charge in [-0.3, -0.25) is 14.4 Å². The van der Waals surface area contributed by atoms with E-state index in [1.165, 1.54) is 89.9 Å². The third-order valence-electron chi connectivity index (χ3n) is 9.01. The van der Waals surface area contributed by atoms with Crippen LogP contribution in [-0.2, 0) is 28.6 Å². The molecule has 0 radical (unpaired) electrons. The number of rotatable bonds is 38. The highest BCUT2D eigenvalue weighted by molar-refractivity contribution is 5.72. The summed E-state index contributed by atoms with van der Waals surface area (Å²) in [4.78, 5) is 37.5. The van der Waals surface area contributed by atoms with Gasteiger partial charge in [0.15, 0.2) is 6.10 Å². The lowest BCUT2D eigenvalue weighted by atomic mass is 10.1. The summed E-state index contributed by atoms with van der Waals surface area (Å²) in [6, 6.07) is 0. The van der Waals surface area contributed by atoms with Crippen molar-refractivity contribution in [2.75, 3.05) is 13.2 Å². The predicted molar refractivity (Wildman–Crippen MR) is 224 cm³/mol. The third-order valence-corrected chi connectivity index (χ3v) is 9.01. The average Bonchev–Trinajstić information content (AvgIpc) is 3.15. The molecule has 0 aromatic heterocycles. The lowest BCUT2D eigenvalue weighted by Gasteiger charge is -2.18. The highest BCUT2D eigenvalue weighted by Crippen LogP contribution is 2.13. The van der Waals surface area contributed by atoms with Gasteiger partial charge < -0.3 is 14.2 Å². The van der Waals surface area contributed by atoms with Crippen LogP contribution in [0.25, 0.3) is 0 Å². The summed E-state index contributed by atoms with van der Waals surface area (Å²) in [5.74, 6) is -1.06.